The van der Waals surface area contributed by atoms with Gasteiger partial charge in [-0.15, -0.1) is 0 Å². The minimum Gasteiger partial charge on any atom is -0.382 e. The highest BCUT2D eigenvalue weighted by Gasteiger charge is 2.22. The molecule has 1 aromatic rings. The van der Waals surface area contributed by atoms with Crippen molar-refractivity contribution in [1.29, 1.82) is 0 Å². The van der Waals surface area contributed by atoms with E-state index in [-0.39, 0.29) is 0 Å². The summed E-state index contributed by atoms with van der Waals surface area (Å²) in [5.74, 6) is 1.43. The predicted octanol–water partition coefficient (Wildman–Crippen LogP) is 3.63. The number of para-hydroxylation sites is 1. The number of hydrogen-bond donors (Lipinski definition) is 1. The predicted molar refractivity (Wildman–Crippen MR) is 61.7 cm³/mol. The van der Waals surface area contributed by atoms with Crippen LogP contribution >= 0.6 is 0 Å². The van der Waals surface area contributed by atoms with Gasteiger partial charge in [0.1, 0.15) is 0 Å². The molecule has 0 bridgehead atoms. The van der Waals surface area contributed by atoms with Crippen LogP contribution in [0.1, 0.15) is 38.7 Å². The Kier molecular flexibility index (Phi) is 2.49. The van der Waals surface area contributed by atoms with Crippen LogP contribution in [0.2, 0.25) is 0 Å². The summed E-state index contributed by atoms with van der Waals surface area (Å²) in [6.45, 7) is 6.94. The van der Waals surface area contributed by atoms with Crippen LogP contribution in [-0.4, -0.2) is 6.04 Å². The highest BCUT2D eigenvalue weighted by Crippen LogP contribution is 2.34. The highest BCUT2D eigenvalue weighted by atomic mass is 14.9. The molecule has 76 valence electrons. The number of nitrogens with one attached hydrogen (secondary N) is 1. The van der Waals surface area contributed by atoms with Crippen LogP contribution in [0.4, 0.5) is 5.69 Å². The van der Waals surface area contributed by atoms with E-state index in [2.05, 4.69) is 50.4 Å². The highest BCUT2D eigenvalue weighted by molar-refractivity contribution is 5.54. The second-order valence-electron chi connectivity index (χ2n) is 4.63. The molecular formula is C13H19N. The molecule has 1 nitrogen and oxygen atoms in total. The van der Waals surface area contributed by atoms with E-state index >= 15 is 0 Å². The van der Waals surface area contributed by atoms with Crippen molar-refractivity contribution >= 4 is 5.69 Å². The summed E-state index contributed by atoms with van der Waals surface area (Å²) < 4.78 is 0. The van der Waals surface area contributed by atoms with Crippen molar-refractivity contribution < 1.29 is 0 Å². The first-order valence-corrected chi connectivity index (χ1v) is 5.54. The van der Waals surface area contributed by atoms with Gasteiger partial charge in [-0.25, -0.2) is 0 Å². The molecule has 0 amide bonds. The van der Waals surface area contributed by atoms with Crippen LogP contribution in [0.5, 0.6) is 0 Å². The zero-order valence-electron chi connectivity index (χ0n) is 9.25. The molecule has 0 radical (unpaired) electrons. The van der Waals surface area contributed by atoms with Crippen molar-refractivity contribution in [2.45, 2.75) is 39.2 Å². The van der Waals surface area contributed by atoms with Gasteiger partial charge in [-0.05, 0) is 36.8 Å². The fraction of sp³-hybridized carbons (Fsp3) is 0.538. The molecule has 0 saturated heterocycles. The molecule has 14 heavy (non-hydrogen) atoms. The van der Waals surface area contributed by atoms with Gasteiger partial charge in [-0.2, -0.15) is 0 Å². The minimum absolute atomic E-state index is 0.584. The lowest BCUT2D eigenvalue weighted by molar-refractivity contribution is 0.450. The third-order valence-electron chi connectivity index (χ3n) is 3.45. The first kappa shape index (κ1) is 9.57. The average Bonchev–Trinajstić information content (AvgIpc) is 2.27. The SMILES string of the molecule is C[C@@H]1C[C@H](C)[C@H](C)Nc2ccccc21. The normalized spacial score (nSPS) is 31.5. The second-order valence-corrected chi connectivity index (χ2v) is 4.63. The zero-order chi connectivity index (χ0) is 10.1. The molecule has 0 fully saturated rings. The van der Waals surface area contributed by atoms with Crippen molar-refractivity contribution in [3.63, 3.8) is 0 Å². The Balaban J connectivity index is 2.38. The van der Waals surface area contributed by atoms with Gasteiger partial charge in [0.25, 0.3) is 0 Å². The maximum Gasteiger partial charge on any atom is 0.0377 e. The lowest BCUT2D eigenvalue weighted by Gasteiger charge is -2.19. The number of fused-ring (bicyclic) bond motifs is 1. The Morgan fingerprint density at radius 2 is 1.86 bits per heavy atom. The monoisotopic (exact) mass is 189 g/mol. The van der Waals surface area contributed by atoms with Gasteiger partial charge in [0.15, 0.2) is 0 Å². The standard InChI is InChI=1S/C13H19N/c1-9-8-10(2)12-6-4-5-7-13(12)14-11(9)3/h4-7,9-11,14H,8H2,1-3H3/t9-,10+,11-/m0/s1. The Hall–Kier alpha value is -0.980. The number of anilines is 1. The molecule has 1 aromatic carbocycles. The molecule has 1 aliphatic heterocycles. The van der Waals surface area contributed by atoms with Crippen LogP contribution in [-0.2, 0) is 0 Å². The van der Waals surface area contributed by atoms with Crippen LogP contribution in [0.15, 0.2) is 24.3 Å². The lowest BCUT2D eigenvalue weighted by Crippen LogP contribution is -2.22. The van der Waals surface area contributed by atoms with Crippen LogP contribution in [0.3, 0.4) is 0 Å². The summed E-state index contributed by atoms with van der Waals surface area (Å²) >= 11 is 0. The summed E-state index contributed by atoms with van der Waals surface area (Å²) in [6, 6.07) is 9.28. The number of benzene rings is 1. The molecular weight excluding hydrogens is 170 g/mol. The third kappa shape index (κ3) is 1.63. The first-order chi connectivity index (χ1) is 6.68. The summed E-state index contributed by atoms with van der Waals surface area (Å²) in [6.07, 6.45) is 1.28. The fourth-order valence-electron chi connectivity index (χ4n) is 2.33. The quantitative estimate of drug-likeness (QED) is 0.657. The Morgan fingerprint density at radius 1 is 1.14 bits per heavy atom. The molecule has 1 heteroatoms. The van der Waals surface area contributed by atoms with E-state index in [1.54, 1.807) is 0 Å². The van der Waals surface area contributed by atoms with Crippen LogP contribution in [0.25, 0.3) is 0 Å². The Labute approximate surface area is 86.5 Å². The largest absolute Gasteiger partial charge is 0.382 e. The summed E-state index contributed by atoms with van der Waals surface area (Å²) in [4.78, 5) is 0. The van der Waals surface area contributed by atoms with E-state index in [0.29, 0.717) is 12.0 Å². The topological polar surface area (TPSA) is 12.0 Å². The van der Waals surface area contributed by atoms with E-state index in [9.17, 15) is 0 Å². The van der Waals surface area contributed by atoms with Crippen molar-refractivity contribution in [2.75, 3.05) is 5.32 Å². The summed E-state index contributed by atoms with van der Waals surface area (Å²) in [5.41, 5.74) is 2.81. The average molecular weight is 189 g/mol. The van der Waals surface area contributed by atoms with Gasteiger partial charge in [0.2, 0.25) is 0 Å². The van der Waals surface area contributed by atoms with Crippen LogP contribution in [0, 0.1) is 5.92 Å². The molecule has 0 saturated carbocycles. The molecule has 2 rings (SSSR count). The van der Waals surface area contributed by atoms with E-state index in [1.807, 2.05) is 0 Å². The molecule has 1 N–H and O–H groups in total. The van der Waals surface area contributed by atoms with E-state index in [4.69, 9.17) is 0 Å². The zero-order valence-corrected chi connectivity index (χ0v) is 9.25. The van der Waals surface area contributed by atoms with E-state index < -0.39 is 0 Å². The van der Waals surface area contributed by atoms with Gasteiger partial charge < -0.3 is 5.32 Å². The van der Waals surface area contributed by atoms with Crippen molar-refractivity contribution in [3.8, 4) is 0 Å². The Bertz CT molecular complexity index is 319. The van der Waals surface area contributed by atoms with E-state index in [1.165, 1.54) is 17.7 Å². The smallest absolute Gasteiger partial charge is 0.0377 e. The third-order valence-corrected chi connectivity index (χ3v) is 3.45. The molecule has 0 aromatic heterocycles. The number of rotatable bonds is 0. The summed E-state index contributed by atoms with van der Waals surface area (Å²) in [7, 11) is 0. The summed E-state index contributed by atoms with van der Waals surface area (Å²) in [5, 5.41) is 3.60. The molecule has 0 aliphatic carbocycles. The van der Waals surface area contributed by atoms with Gasteiger partial charge in [-0.1, -0.05) is 32.0 Å². The van der Waals surface area contributed by atoms with Crippen LogP contribution < -0.4 is 5.32 Å². The van der Waals surface area contributed by atoms with Crippen molar-refractivity contribution in [3.05, 3.63) is 29.8 Å². The van der Waals surface area contributed by atoms with Gasteiger partial charge in [-0.3, -0.25) is 0 Å². The lowest BCUT2D eigenvalue weighted by atomic mass is 9.90. The Morgan fingerprint density at radius 3 is 2.64 bits per heavy atom. The molecule has 0 spiro atoms. The fourth-order valence-corrected chi connectivity index (χ4v) is 2.33. The van der Waals surface area contributed by atoms with Gasteiger partial charge in [0, 0.05) is 11.7 Å². The molecule has 3 atom stereocenters. The first-order valence-electron chi connectivity index (χ1n) is 5.54. The van der Waals surface area contributed by atoms with E-state index in [0.717, 1.165) is 5.92 Å². The second kappa shape index (κ2) is 3.64. The number of hydrogen-bond acceptors (Lipinski definition) is 1. The van der Waals surface area contributed by atoms with Gasteiger partial charge >= 0.3 is 0 Å². The minimum atomic E-state index is 0.584. The molecule has 1 heterocycles. The van der Waals surface area contributed by atoms with Gasteiger partial charge in [0.05, 0.1) is 0 Å². The molecule has 1 aliphatic rings. The maximum absolute atomic E-state index is 3.60. The van der Waals surface area contributed by atoms with Crippen molar-refractivity contribution in [2.24, 2.45) is 5.92 Å². The molecule has 0 unspecified atom stereocenters. The maximum atomic E-state index is 3.60. The van der Waals surface area contributed by atoms with Crippen molar-refractivity contribution in [1.82, 2.24) is 0 Å².